The van der Waals surface area contributed by atoms with E-state index in [0.717, 1.165) is 15.0 Å². The molecule has 0 fully saturated rings. The van der Waals surface area contributed by atoms with Crippen LogP contribution in [0.2, 0.25) is 0 Å². The maximum Gasteiger partial charge on any atom is 0.131 e. The van der Waals surface area contributed by atoms with Crippen LogP contribution in [0.5, 0.6) is 0 Å². The van der Waals surface area contributed by atoms with Crippen LogP contribution in [0.4, 0.5) is 0 Å². The number of aliphatic hydroxyl groups excluding tert-OH is 1. The molecule has 2 nitrogen and oxygen atoms in total. The van der Waals surface area contributed by atoms with Crippen molar-refractivity contribution >= 4 is 27.3 Å². The summed E-state index contributed by atoms with van der Waals surface area (Å²) >= 11 is 4.81. The number of aliphatic hydroxyl groups is 1. The van der Waals surface area contributed by atoms with E-state index in [1.54, 1.807) is 6.20 Å². The van der Waals surface area contributed by atoms with Crippen LogP contribution < -0.4 is 0 Å². The lowest BCUT2D eigenvalue weighted by atomic mass is 10.1. The van der Waals surface area contributed by atoms with E-state index in [0.29, 0.717) is 0 Å². The van der Waals surface area contributed by atoms with Gasteiger partial charge in [-0.15, -0.1) is 11.3 Å². The molecule has 0 bridgehead atoms. The van der Waals surface area contributed by atoms with Gasteiger partial charge in [0, 0.05) is 16.0 Å². The first-order valence-corrected chi connectivity index (χ1v) is 5.77. The molecular formula is C10H8BrNOS. The SMILES string of the molecule is O[C@@H](c1ccc(Br)cc1)c1nccs1. The van der Waals surface area contributed by atoms with Crippen LogP contribution in [-0.2, 0) is 0 Å². The summed E-state index contributed by atoms with van der Waals surface area (Å²) in [6.07, 6.45) is 1.09. The van der Waals surface area contributed by atoms with Crippen molar-refractivity contribution in [2.24, 2.45) is 0 Å². The number of thiazole rings is 1. The second-order valence-corrected chi connectivity index (χ2v) is 4.67. The highest BCUT2D eigenvalue weighted by Crippen LogP contribution is 2.24. The van der Waals surface area contributed by atoms with Crippen LogP contribution in [0.15, 0.2) is 40.3 Å². The Balaban J connectivity index is 2.28. The molecule has 0 saturated heterocycles. The molecule has 1 N–H and O–H groups in total. The zero-order valence-corrected chi connectivity index (χ0v) is 9.62. The van der Waals surface area contributed by atoms with Gasteiger partial charge in [-0.2, -0.15) is 0 Å². The van der Waals surface area contributed by atoms with E-state index in [-0.39, 0.29) is 0 Å². The van der Waals surface area contributed by atoms with Crippen LogP contribution in [0.3, 0.4) is 0 Å². The van der Waals surface area contributed by atoms with Gasteiger partial charge in [-0.3, -0.25) is 0 Å². The van der Waals surface area contributed by atoms with E-state index in [1.165, 1.54) is 11.3 Å². The lowest BCUT2D eigenvalue weighted by Gasteiger charge is -2.07. The summed E-state index contributed by atoms with van der Waals surface area (Å²) in [5.41, 5.74) is 0.864. The molecule has 2 rings (SSSR count). The second-order valence-electron chi connectivity index (χ2n) is 2.82. The van der Waals surface area contributed by atoms with Crippen molar-refractivity contribution in [1.29, 1.82) is 0 Å². The monoisotopic (exact) mass is 269 g/mol. The van der Waals surface area contributed by atoms with Crippen molar-refractivity contribution in [3.8, 4) is 0 Å². The van der Waals surface area contributed by atoms with Crippen LogP contribution in [0.1, 0.15) is 16.7 Å². The quantitative estimate of drug-likeness (QED) is 0.910. The van der Waals surface area contributed by atoms with E-state index < -0.39 is 6.10 Å². The normalized spacial score (nSPS) is 12.7. The molecule has 1 heterocycles. The minimum Gasteiger partial charge on any atom is -0.381 e. The predicted molar refractivity (Wildman–Crippen MR) is 60.3 cm³/mol. The van der Waals surface area contributed by atoms with Crippen molar-refractivity contribution in [2.75, 3.05) is 0 Å². The van der Waals surface area contributed by atoms with Gasteiger partial charge >= 0.3 is 0 Å². The van der Waals surface area contributed by atoms with Crippen LogP contribution in [0.25, 0.3) is 0 Å². The number of halogens is 1. The molecule has 1 aromatic heterocycles. The standard InChI is InChI=1S/C10H8BrNOS/c11-8-3-1-7(2-4-8)9(13)10-12-5-6-14-10/h1-6,9,13H/t9-/m0/s1. The molecule has 0 spiro atoms. The molecule has 2 aromatic rings. The van der Waals surface area contributed by atoms with E-state index in [2.05, 4.69) is 20.9 Å². The lowest BCUT2D eigenvalue weighted by Crippen LogP contribution is -1.97. The van der Waals surface area contributed by atoms with Crippen molar-refractivity contribution in [3.63, 3.8) is 0 Å². The van der Waals surface area contributed by atoms with Crippen LogP contribution >= 0.6 is 27.3 Å². The Morgan fingerprint density at radius 1 is 1.29 bits per heavy atom. The molecule has 0 amide bonds. The summed E-state index contributed by atoms with van der Waals surface area (Å²) in [7, 11) is 0. The van der Waals surface area contributed by atoms with E-state index in [4.69, 9.17) is 0 Å². The molecule has 1 atom stereocenters. The number of aromatic nitrogens is 1. The molecule has 1 aromatic carbocycles. The smallest absolute Gasteiger partial charge is 0.131 e. The molecule has 0 aliphatic rings. The average molecular weight is 270 g/mol. The largest absolute Gasteiger partial charge is 0.381 e. The summed E-state index contributed by atoms with van der Waals surface area (Å²) in [5, 5.41) is 12.5. The number of benzene rings is 1. The zero-order chi connectivity index (χ0) is 9.97. The van der Waals surface area contributed by atoms with Crippen LogP contribution in [-0.4, -0.2) is 10.1 Å². The van der Waals surface area contributed by atoms with Gasteiger partial charge < -0.3 is 5.11 Å². The first kappa shape index (κ1) is 9.83. The highest BCUT2D eigenvalue weighted by atomic mass is 79.9. The molecule has 14 heavy (non-hydrogen) atoms. The Morgan fingerprint density at radius 2 is 2.00 bits per heavy atom. The molecular weight excluding hydrogens is 262 g/mol. The number of hydrogen-bond donors (Lipinski definition) is 1. The number of rotatable bonds is 2. The Kier molecular flexibility index (Phi) is 2.96. The fourth-order valence-electron chi connectivity index (χ4n) is 1.16. The molecule has 0 saturated carbocycles. The van der Waals surface area contributed by atoms with Crippen LogP contribution in [0, 0.1) is 0 Å². The van der Waals surface area contributed by atoms with Crippen molar-refractivity contribution in [3.05, 3.63) is 50.9 Å². The lowest BCUT2D eigenvalue weighted by molar-refractivity contribution is 0.220. The zero-order valence-electron chi connectivity index (χ0n) is 7.22. The third-order valence-corrected chi connectivity index (χ3v) is 3.23. The second kappa shape index (κ2) is 4.21. The first-order valence-electron chi connectivity index (χ1n) is 4.10. The molecule has 4 heteroatoms. The summed E-state index contributed by atoms with van der Waals surface area (Å²) in [6.45, 7) is 0. The third-order valence-electron chi connectivity index (χ3n) is 1.87. The van der Waals surface area contributed by atoms with E-state index in [9.17, 15) is 5.11 Å². The summed E-state index contributed by atoms with van der Waals surface area (Å²) < 4.78 is 1.01. The molecule has 0 radical (unpaired) electrons. The average Bonchev–Trinajstić information content (AvgIpc) is 2.71. The predicted octanol–water partition coefficient (Wildman–Crippen LogP) is 2.99. The van der Waals surface area contributed by atoms with Gasteiger partial charge in [0.25, 0.3) is 0 Å². The maximum absolute atomic E-state index is 9.90. The molecule has 0 aliphatic carbocycles. The minimum atomic E-state index is -0.608. The van der Waals surface area contributed by atoms with Gasteiger partial charge in [-0.05, 0) is 17.7 Å². The summed E-state index contributed by atoms with van der Waals surface area (Å²) in [5.74, 6) is 0. The first-order chi connectivity index (χ1) is 6.77. The topological polar surface area (TPSA) is 33.1 Å². The van der Waals surface area contributed by atoms with E-state index >= 15 is 0 Å². The fraction of sp³-hybridized carbons (Fsp3) is 0.100. The Labute approximate surface area is 94.4 Å². The van der Waals surface area contributed by atoms with Crippen molar-refractivity contribution in [2.45, 2.75) is 6.10 Å². The van der Waals surface area contributed by atoms with Gasteiger partial charge in [-0.1, -0.05) is 28.1 Å². The Morgan fingerprint density at radius 3 is 2.57 bits per heavy atom. The maximum atomic E-state index is 9.90. The Bertz CT molecular complexity index is 399. The highest BCUT2D eigenvalue weighted by molar-refractivity contribution is 9.10. The van der Waals surface area contributed by atoms with Gasteiger partial charge in [0.05, 0.1) is 0 Å². The highest BCUT2D eigenvalue weighted by Gasteiger charge is 2.11. The number of nitrogens with zero attached hydrogens (tertiary/aromatic N) is 1. The third kappa shape index (κ3) is 2.03. The Hall–Kier alpha value is -0.710. The molecule has 0 unspecified atom stereocenters. The summed E-state index contributed by atoms with van der Waals surface area (Å²) in [6, 6.07) is 7.59. The summed E-state index contributed by atoms with van der Waals surface area (Å²) in [4.78, 5) is 4.07. The minimum absolute atomic E-state index is 0.608. The molecule has 0 aliphatic heterocycles. The van der Waals surface area contributed by atoms with Gasteiger partial charge in [0.2, 0.25) is 0 Å². The van der Waals surface area contributed by atoms with Gasteiger partial charge in [-0.25, -0.2) is 4.98 Å². The molecule has 72 valence electrons. The van der Waals surface area contributed by atoms with Crippen molar-refractivity contribution < 1.29 is 5.11 Å². The van der Waals surface area contributed by atoms with E-state index in [1.807, 2.05) is 29.6 Å². The van der Waals surface area contributed by atoms with Gasteiger partial charge in [0.15, 0.2) is 0 Å². The van der Waals surface area contributed by atoms with Gasteiger partial charge in [0.1, 0.15) is 11.1 Å². The number of hydrogen-bond acceptors (Lipinski definition) is 3. The fourth-order valence-corrected chi connectivity index (χ4v) is 2.07. The van der Waals surface area contributed by atoms with Crippen molar-refractivity contribution in [1.82, 2.24) is 4.98 Å².